The van der Waals surface area contributed by atoms with Gasteiger partial charge in [-0.25, -0.2) is 9.89 Å². The first-order valence-corrected chi connectivity index (χ1v) is 5.25. The van der Waals surface area contributed by atoms with E-state index < -0.39 is 0 Å². The van der Waals surface area contributed by atoms with E-state index in [2.05, 4.69) is 29.1 Å². The monoisotopic (exact) mass is 210 g/mol. The van der Waals surface area contributed by atoms with E-state index in [0.717, 1.165) is 12.1 Å². The van der Waals surface area contributed by atoms with Crippen molar-refractivity contribution in [3.05, 3.63) is 16.3 Å². The van der Waals surface area contributed by atoms with Gasteiger partial charge in [-0.15, -0.1) is 0 Å². The van der Waals surface area contributed by atoms with Crippen molar-refractivity contribution in [2.75, 3.05) is 0 Å². The van der Waals surface area contributed by atoms with Crippen LogP contribution in [0.4, 0.5) is 0 Å². The van der Waals surface area contributed by atoms with Gasteiger partial charge in [0.25, 0.3) is 0 Å². The van der Waals surface area contributed by atoms with Crippen LogP contribution in [0.3, 0.4) is 0 Å². The van der Waals surface area contributed by atoms with Gasteiger partial charge < -0.3 is 0 Å². The summed E-state index contributed by atoms with van der Waals surface area (Å²) in [5.41, 5.74) is 0.679. The molecule has 0 saturated heterocycles. The highest BCUT2D eigenvalue weighted by Gasteiger charge is 2.05. The lowest BCUT2D eigenvalue weighted by molar-refractivity contribution is 0.670. The molecule has 0 spiro atoms. The molecule has 1 N–H and O–H groups in total. The third-order valence-corrected chi connectivity index (χ3v) is 2.01. The van der Waals surface area contributed by atoms with E-state index in [1.165, 1.54) is 4.68 Å². The molecule has 1 aromatic rings. The van der Waals surface area contributed by atoms with E-state index in [1.807, 2.05) is 13.8 Å². The molecular formula is C10H18N4O. The highest BCUT2D eigenvalue weighted by molar-refractivity contribution is 5.81. The zero-order valence-corrected chi connectivity index (χ0v) is 9.74. The van der Waals surface area contributed by atoms with E-state index in [-0.39, 0.29) is 5.69 Å². The number of nitrogens with zero attached hydrogens (tertiary/aromatic N) is 3. The standard InChI is InChI=1S/C10H18N4O/c1-5-9-11-12-10(15)14(9)13-8(4)6-7(2)3/h7H,5-6H2,1-4H3,(H,12,15). The molecule has 0 fully saturated rings. The molecule has 5 heteroatoms. The van der Waals surface area contributed by atoms with E-state index in [4.69, 9.17) is 0 Å². The van der Waals surface area contributed by atoms with Gasteiger partial charge in [0.05, 0.1) is 0 Å². The predicted molar refractivity (Wildman–Crippen MR) is 60.2 cm³/mol. The second-order valence-corrected chi connectivity index (χ2v) is 4.04. The maximum Gasteiger partial charge on any atom is 0.364 e. The molecule has 84 valence electrons. The largest absolute Gasteiger partial charge is 0.364 e. The smallest absolute Gasteiger partial charge is 0.244 e. The molecule has 1 heterocycles. The normalized spacial score (nSPS) is 12.5. The molecule has 15 heavy (non-hydrogen) atoms. The maximum absolute atomic E-state index is 11.4. The second-order valence-electron chi connectivity index (χ2n) is 4.04. The van der Waals surface area contributed by atoms with Crippen molar-refractivity contribution in [1.82, 2.24) is 14.9 Å². The van der Waals surface area contributed by atoms with Gasteiger partial charge in [-0.2, -0.15) is 14.9 Å². The summed E-state index contributed by atoms with van der Waals surface area (Å²) >= 11 is 0. The Balaban J connectivity index is 2.96. The number of aromatic nitrogens is 3. The Labute approximate surface area is 89.2 Å². The third kappa shape index (κ3) is 3.04. The van der Waals surface area contributed by atoms with Crippen LogP contribution < -0.4 is 5.69 Å². The molecule has 1 aromatic heterocycles. The van der Waals surface area contributed by atoms with E-state index in [1.54, 1.807) is 0 Å². The summed E-state index contributed by atoms with van der Waals surface area (Å²) in [5, 5.41) is 10.5. The van der Waals surface area contributed by atoms with Crippen LogP contribution in [0.15, 0.2) is 9.90 Å². The number of H-pyrrole nitrogens is 1. The van der Waals surface area contributed by atoms with E-state index in [9.17, 15) is 4.79 Å². The summed E-state index contributed by atoms with van der Waals surface area (Å²) in [4.78, 5) is 11.4. The van der Waals surface area contributed by atoms with Crippen molar-refractivity contribution in [3.8, 4) is 0 Å². The van der Waals surface area contributed by atoms with Gasteiger partial charge in [0.15, 0.2) is 5.82 Å². The van der Waals surface area contributed by atoms with Crippen molar-refractivity contribution >= 4 is 5.71 Å². The van der Waals surface area contributed by atoms with Crippen LogP contribution in [0, 0.1) is 5.92 Å². The van der Waals surface area contributed by atoms with Gasteiger partial charge >= 0.3 is 5.69 Å². The summed E-state index contributed by atoms with van der Waals surface area (Å²) in [6, 6.07) is 0. The first-order chi connectivity index (χ1) is 7.04. The maximum atomic E-state index is 11.4. The third-order valence-electron chi connectivity index (χ3n) is 2.01. The van der Waals surface area contributed by atoms with E-state index >= 15 is 0 Å². The van der Waals surface area contributed by atoms with Crippen molar-refractivity contribution in [2.24, 2.45) is 11.0 Å². The molecule has 0 unspecified atom stereocenters. The highest BCUT2D eigenvalue weighted by Crippen LogP contribution is 2.02. The minimum absolute atomic E-state index is 0.269. The van der Waals surface area contributed by atoms with Gasteiger partial charge in [0.1, 0.15) is 0 Å². The summed E-state index contributed by atoms with van der Waals surface area (Å²) < 4.78 is 1.34. The van der Waals surface area contributed by atoms with Gasteiger partial charge in [0.2, 0.25) is 0 Å². The Morgan fingerprint density at radius 1 is 1.60 bits per heavy atom. The molecular weight excluding hydrogens is 192 g/mol. The lowest BCUT2D eigenvalue weighted by Crippen LogP contribution is -2.16. The zero-order valence-electron chi connectivity index (χ0n) is 9.74. The van der Waals surface area contributed by atoms with Gasteiger partial charge in [0, 0.05) is 12.1 Å². The Bertz CT molecular complexity index is 400. The Kier molecular flexibility index (Phi) is 3.82. The highest BCUT2D eigenvalue weighted by atomic mass is 16.2. The minimum atomic E-state index is -0.269. The van der Waals surface area contributed by atoms with Crippen LogP contribution in [0.1, 0.15) is 39.9 Å². The van der Waals surface area contributed by atoms with Crippen LogP contribution >= 0.6 is 0 Å². The van der Waals surface area contributed by atoms with Crippen LogP contribution in [-0.4, -0.2) is 20.6 Å². The topological polar surface area (TPSA) is 63.0 Å². The number of aryl methyl sites for hydroxylation is 1. The van der Waals surface area contributed by atoms with Gasteiger partial charge in [-0.05, 0) is 19.3 Å². The molecule has 5 nitrogen and oxygen atoms in total. The van der Waals surface area contributed by atoms with Crippen molar-refractivity contribution in [2.45, 2.75) is 40.5 Å². The molecule has 0 aliphatic carbocycles. The average Bonchev–Trinajstić information content (AvgIpc) is 2.46. The van der Waals surface area contributed by atoms with Gasteiger partial charge in [-0.3, -0.25) is 0 Å². The molecule has 1 rings (SSSR count). The molecule has 0 saturated carbocycles. The zero-order chi connectivity index (χ0) is 11.4. The summed E-state index contributed by atoms with van der Waals surface area (Å²) in [6.45, 7) is 8.12. The summed E-state index contributed by atoms with van der Waals surface area (Å²) in [7, 11) is 0. The van der Waals surface area contributed by atoms with E-state index in [0.29, 0.717) is 18.2 Å². The first kappa shape index (κ1) is 11.7. The molecule has 0 aliphatic rings. The average molecular weight is 210 g/mol. The lowest BCUT2D eigenvalue weighted by Gasteiger charge is -2.04. The number of rotatable bonds is 4. The first-order valence-electron chi connectivity index (χ1n) is 5.25. The van der Waals surface area contributed by atoms with Crippen LogP contribution in [0.25, 0.3) is 0 Å². The fourth-order valence-corrected chi connectivity index (χ4v) is 1.46. The number of nitrogens with one attached hydrogen (secondary N) is 1. The number of hydrogen-bond donors (Lipinski definition) is 1. The Hall–Kier alpha value is -1.39. The fourth-order valence-electron chi connectivity index (χ4n) is 1.46. The molecule has 0 atom stereocenters. The van der Waals surface area contributed by atoms with Crippen LogP contribution in [0.2, 0.25) is 0 Å². The summed E-state index contributed by atoms with van der Waals surface area (Å²) in [6.07, 6.45) is 1.58. The van der Waals surface area contributed by atoms with Crippen LogP contribution in [0.5, 0.6) is 0 Å². The van der Waals surface area contributed by atoms with Crippen LogP contribution in [-0.2, 0) is 6.42 Å². The predicted octanol–water partition coefficient (Wildman–Crippen LogP) is 1.40. The molecule has 0 aromatic carbocycles. The Morgan fingerprint density at radius 2 is 2.27 bits per heavy atom. The molecule has 0 bridgehead atoms. The number of hydrogen-bond acceptors (Lipinski definition) is 3. The quantitative estimate of drug-likeness (QED) is 0.763. The van der Waals surface area contributed by atoms with Crippen molar-refractivity contribution < 1.29 is 0 Å². The SMILES string of the molecule is CCc1n[nH]c(=O)n1N=C(C)CC(C)C. The van der Waals surface area contributed by atoms with Gasteiger partial charge in [-0.1, -0.05) is 20.8 Å². The second kappa shape index (κ2) is 4.91. The Morgan fingerprint density at radius 3 is 2.80 bits per heavy atom. The minimum Gasteiger partial charge on any atom is -0.244 e. The molecule has 0 amide bonds. The van der Waals surface area contributed by atoms with Crippen molar-refractivity contribution in [1.29, 1.82) is 0 Å². The summed E-state index contributed by atoms with van der Waals surface area (Å²) in [5.74, 6) is 1.21. The fraction of sp³-hybridized carbons (Fsp3) is 0.700. The molecule has 0 aliphatic heterocycles. The lowest BCUT2D eigenvalue weighted by atomic mass is 10.1. The number of aromatic amines is 1. The van der Waals surface area contributed by atoms with Crippen molar-refractivity contribution in [3.63, 3.8) is 0 Å². The molecule has 0 radical (unpaired) electrons.